The van der Waals surface area contributed by atoms with E-state index in [2.05, 4.69) is 10.4 Å². The van der Waals surface area contributed by atoms with E-state index in [1.807, 2.05) is 25.1 Å². The zero-order valence-corrected chi connectivity index (χ0v) is 10.5. The van der Waals surface area contributed by atoms with Gasteiger partial charge in [-0.1, -0.05) is 12.1 Å². The summed E-state index contributed by atoms with van der Waals surface area (Å²) in [5.41, 5.74) is 4.83. The predicted molar refractivity (Wildman–Crippen MR) is 68.4 cm³/mol. The van der Waals surface area contributed by atoms with Crippen LogP contribution < -0.4 is 5.32 Å². The van der Waals surface area contributed by atoms with Crippen LogP contribution in [0.5, 0.6) is 0 Å². The Bertz CT molecular complexity index is 608. The van der Waals surface area contributed by atoms with Gasteiger partial charge in [0, 0.05) is 25.7 Å². The van der Waals surface area contributed by atoms with E-state index in [0.717, 1.165) is 24.2 Å². The van der Waals surface area contributed by atoms with Gasteiger partial charge in [0.15, 0.2) is 0 Å². The number of carbonyl (C=O) groups is 1. The number of hydrogen-bond acceptors (Lipinski definition) is 3. The maximum absolute atomic E-state index is 12.5. The highest BCUT2D eigenvalue weighted by molar-refractivity contribution is 6.08. The van der Waals surface area contributed by atoms with Gasteiger partial charge in [0.25, 0.3) is 0 Å². The third kappa shape index (κ3) is 1.66. The molecule has 18 heavy (non-hydrogen) atoms. The Morgan fingerprint density at radius 1 is 1.33 bits per heavy atom. The summed E-state index contributed by atoms with van der Waals surface area (Å²) in [4.78, 5) is 12.5. The Balaban J connectivity index is 2.03. The molecule has 0 radical (unpaired) electrons. The maximum Gasteiger partial charge on any atom is 0.211 e. The molecule has 0 atom stereocenters. The third-order valence-electron chi connectivity index (χ3n) is 3.44. The van der Waals surface area contributed by atoms with E-state index in [9.17, 15) is 4.79 Å². The zero-order valence-electron chi connectivity index (χ0n) is 10.5. The van der Waals surface area contributed by atoms with Gasteiger partial charge in [0.1, 0.15) is 5.69 Å². The summed E-state index contributed by atoms with van der Waals surface area (Å²) < 4.78 is 1.64. The quantitative estimate of drug-likeness (QED) is 0.812. The first-order chi connectivity index (χ1) is 8.66. The van der Waals surface area contributed by atoms with Crippen molar-refractivity contribution in [1.82, 2.24) is 15.1 Å². The number of aryl methyl sites for hydroxylation is 2. The third-order valence-corrected chi connectivity index (χ3v) is 3.44. The molecule has 0 aliphatic carbocycles. The molecule has 1 N–H and O–H groups in total. The second-order valence-electron chi connectivity index (χ2n) is 4.72. The van der Waals surface area contributed by atoms with Crippen molar-refractivity contribution < 1.29 is 4.79 Å². The van der Waals surface area contributed by atoms with Crippen molar-refractivity contribution in [1.29, 1.82) is 0 Å². The standard InChI is InChI=1S/C14H15N3O/c1-9-6-16-17(2)13(9)14(18)10-3-4-11-7-15-8-12(11)5-10/h3-6,15H,7-8H2,1-2H3. The van der Waals surface area contributed by atoms with Gasteiger partial charge in [-0.15, -0.1) is 0 Å². The molecule has 1 aliphatic heterocycles. The van der Waals surface area contributed by atoms with E-state index in [1.165, 1.54) is 11.1 Å². The first-order valence-corrected chi connectivity index (χ1v) is 6.02. The molecule has 0 bridgehead atoms. The van der Waals surface area contributed by atoms with Crippen molar-refractivity contribution in [3.8, 4) is 0 Å². The Hall–Kier alpha value is -1.94. The zero-order chi connectivity index (χ0) is 12.7. The Labute approximate surface area is 106 Å². The number of hydrogen-bond donors (Lipinski definition) is 1. The summed E-state index contributed by atoms with van der Waals surface area (Å²) in [6, 6.07) is 5.93. The molecule has 1 aliphatic rings. The smallest absolute Gasteiger partial charge is 0.211 e. The van der Waals surface area contributed by atoms with E-state index in [-0.39, 0.29) is 5.78 Å². The van der Waals surface area contributed by atoms with Crippen molar-refractivity contribution in [2.45, 2.75) is 20.0 Å². The van der Waals surface area contributed by atoms with Crippen LogP contribution in [0, 0.1) is 6.92 Å². The Morgan fingerprint density at radius 2 is 2.11 bits per heavy atom. The van der Waals surface area contributed by atoms with Gasteiger partial charge < -0.3 is 5.32 Å². The second kappa shape index (κ2) is 4.07. The Kier molecular flexibility index (Phi) is 2.52. The van der Waals surface area contributed by atoms with Crippen LogP contribution in [0.3, 0.4) is 0 Å². The fourth-order valence-electron chi connectivity index (χ4n) is 2.45. The van der Waals surface area contributed by atoms with Crippen LogP contribution >= 0.6 is 0 Å². The van der Waals surface area contributed by atoms with Crippen molar-refractivity contribution in [2.75, 3.05) is 0 Å². The molecule has 4 nitrogen and oxygen atoms in total. The highest BCUT2D eigenvalue weighted by Gasteiger charge is 2.18. The molecule has 1 aromatic carbocycles. The fraction of sp³-hybridized carbons (Fsp3) is 0.286. The van der Waals surface area contributed by atoms with E-state index >= 15 is 0 Å². The molecule has 0 spiro atoms. The van der Waals surface area contributed by atoms with Crippen molar-refractivity contribution in [3.05, 3.63) is 52.3 Å². The number of ketones is 1. The lowest BCUT2D eigenvalue weighted by molar-refractivity contribution is 0.102. The van der Waals surface area contributed by atoms with Crippen LogP contribution in [0.2, 0.25) is 0 Å². The molecule has 0 saturated heterocycles. The molecule has 3 rings (SSSR count). The number of nitrogens with one attached hydrogen (secondary N) is 1. The summed E-state index contributed by atoms with van der Waals surface area (Å²) in [6.45, 7) is 3.66. The molecule has 92 valence electrons. The average molecular weight is 241 g/mol. The van der Waals surface area contributed by atoms with Gasteiger partial charge in [0.2, 0.25) is 5.78 Å². The fourth-order valence-corrected chi connectivity index (χ4v) is 2.45. The monoisotopic (exact) mass is 241 g/mol. The largest absolute Gasteiger partial charge is 0.309 e. The van der Waals surface area contributed by atoms with Crippen molar-refractivity contribution in [3.63, 3.8) is 0 Å². The number of carbonyl (C=O) groups excluding carboxylic acids is 1. The van der Waals surface area contributed by atoms with E-state index in [1.54, 1.807) is 17.9 Å². The topological polar surface area (TPSA) is 46.9 Å². The predicted octanol–water partition coefficient (Wildman–Crippen LogP) is 1.56. The second-order valence-corrected chi connectivity index (χ2v) is 4.72. The summed E-state index contributed by atoms with van der Waals surface area (Å²) in [6.07, 6.45) is 1.72. The number of fused-ring (bicyclic) bond motifs is 1. The van der Waals surface area contributed by atoms with Crippen LogP contribution in [-0.4, -0.2) is 15.6 Å². The normalized spacial score (nSPS) is 13.7. The highest BCUT2D eigenvalue weighted by atomic mass is 16.1. The molecule has 4 heteroatoms. The lowest BCUT2D eigenvalue weighted by atomic mass is 10.0. The molecule has 0 unspecified atom stereocenters. The van der Waals surface area contributed by atoms with Gasteiger partial charge in [-0.25, -0.2) is 0 Å². The number of nitrogens with zero attached hydrogens (tertiary/aromatic N) is 2. The van der Waals surface area contributed by atoms with Crippen molar-refractivity contribution in [2.24, 2.45) is 7.05 Å². The molecular formula is C14H15N3O. The lowest BCUT2D eigenvalue weighted by Gasteiger charge is -2.05. The van der Waals surface area contributed by atoms with Crippen LogP contribution in [0.1, 0.15) is 32.7 Å². The van der Waals surface area contributed by atoms with E-state index in [4.69, 9.17) is 0 Å². The lowest BCUT2D eigenvalue weighted by Crippen LogP contribution is -2.10. The van der Waals surface area contributed by atoms with Gasteiger partial charge >= 0.3 is 0 Å². The SMILES string of the molecule is Cc1cnn(C)c1C(=O)c1ccc2c(c1)CNC2. The first kappa shape index (κ1) is 11.2. The van der Waals surface area contributed by atoms with E-state index < -0.39 is 0 Å². The van der Waals surface area contributed by atoms with Crippen LogP contribution in [0.25, 0.3) is 0 Å². The van der Waals surface area contributed by atoms with Gasteiger partial charge in [-0.3, -0.25) is 9.48 Å². The van der Waals surface area contributed by atoms with Crippen LogP contribution in [0.4, 0.5) is 0 Å². The maximum atomic E-state index is 12.5. The van der Waals surface area contributed by atoms with Crippen LogP contribution in [-0.2, 0) is 20.1 Å². The molecule has 1 aromatic heterocycles. The van der Waals surface area contributed by atoms with E-state index in [0.29, 0.717) is 5.69 Å². The minimum Gasteiger partial charge on any atom is -0.309 e. The average Bonchev–Trinajstić information content (AvgIpc) is 2.94. The number of rotatable bonds is 2. The van der Waals surface area contributed by atoms with Gasteiger partial charge in [0.05, 0.1) is 6.20 Å². The van der Waals surface area contributed by atoms with Gasteiger partial charge in [-0.2, -0.15) is 5.10 Å². The number of aromatic nitrogens is 2. The summed E-state index contributed by atoms with van der Waals surface area (Å²) in [7, 11) is 1.80. The molecule has 0 saturated carbocycles. The number of benzene rings is 1. The minimum atomic E-state index is 0.0437. The first-order valence-electron chi connectivity index (χ1n) is 6.02. The molecule has 0 amide bonds. The molecule has 0 fully saturated rings. The molecule has 2 aromatic rings. The molecular weight excluding hydrogens is 226 g/mol. The van der Waals surface area contributed by atoms with Crippen molar-refractivity contribution >= 4 is 5.78 Å². The Morgan fingerprint density at radius 3 is 2.83 bits per heavy atom. The molecule has 2 heterocycles. The summed E-state index contributed by atoms with van der Waals surface area (Å²) in [5.74, 6) is 0.0437. The van der Waals surface area contributed by atoms with Gasteiger partial charge in [-0.05, 0) is 29.7 Å². The summed E-state index contributed by atoms with van der Waals surface area (Å²) >= 11 is 0. The highest BCUT2D eigenvalue weighted by Crippen LogP contribution is 2.20. The summed E-state index contributed by atoms with van der Waals surface area (Å²) in [5, 5.41) is 7.40. The minimum absolute atomic E-state index is 0.0437. The van der Waals surface area contributed by atoms with Crippen LogP contribution in [0.15, 0.2) is 24.4 Å².